The zero-order valence-corrected chi connectivity index (χ0v) is 15.1. The Morgan fingerprint density at radius 3 is 2.57 bits per heavy atom. The van der Waals surface area contributed by atoms with Crippen LogP contribution in [0.15, 0.2) is 60.8 Å². The molecule has 116 valence electrons. The second kappa shape index (κ2) is 8.54. The molecule has 1 heteroatoms. The lowest BCUT2D eigenvalue weighted by Crippen LogP contribution is -2.16. The molecule has 0 nitrogen and oxygen atoms in total. The summed E-state index contributed by atoms with van der Waals surface area (Å²) < 4.78 is 0. The lowest BCUT2D eigenvalue weighted by molar-refractivity contribution is 0.748. The molecular weight excluding hydrogens is 271 g/mol. The van der Waals surface area contributed by atoms with Crippen molar-refractivity contribution in [1.29, 1.82) is 0 Å². The van der Waals surface area contributed by atoms with Crippen LogP contribution in [0.2, 0.25) is 0 Å². The molecule has 0 aromatic carbocycles. The summed E-state index contributed by atoms with van der Waals surface area (Å²) in [6, 6.07) is 0. The molecule has 1 aliphatic heterocycles. The average molecular weight is 302 g/mol. The van der Waals surface area contributed by atoms with Gasteiger partial charge in [0, 0.05) is 10.8 Å². The second-order valence-corrected chi connectivity index (χ2v) is 8.84. The van der Waals surface area contributed by atoms with Crippen LogP contribution in [0.5, 0.6) is 0 Å². The van der Waals surface area contributed by atoms with Gasteiger partial charge in [0.2, 0.25) is 0 Å². The summed E-state index contributed by atoms with van der Waals surface area (Å²) in [6.45, 7) is 17.3. The molecule has 0 radical (unpaired) electrons. The molecule has 1 heterocycles. The molecule has 0 N–H and O–H groups in total. The maximum absolute atomic E-state index is 4.05. The van der Waals surface area contributed by atoms with E-state index in [1.807, 2.05) is 0 Å². The van der Waals surface area contributed by atoms with E-state index in [9.17, 15) is 0 Å². The third-order valence-electron chi connectivity index (χ3n) is 4.60. The van der Waals surface area contributed by atoms with Crippen molar-refractivity contribution in [2.75, 3.05) is 6.66 Å². The third-order valence-corrected chi connectivity index (χ3v) is 8.00. The zero-order valence-electron chi connectivity index (χ0n) is 14.2. The predicted octanol–water partition coefficient (Wildman–Crippen LogP) is 6.62. The molecule has 0 bridgehead atoms. The van der Waals surface area contributed by atoms with E-state index in [1.54, 1.807) is 0 Å². The summed E-state index contributed by atoms with van der Waals surface area (Å²) in [4.78, 5) is 0. The zero-order chi connectivity index (χ0) is 15.9. The van der Waals surface area contributed by atoms with Crippen molar-refractivity contribution in [1.82, 2.24) is 0 Å². The normalized spacial score (nSPS) is 29.2. The molecule has 0 saturated carbocycles. The monoisotopic (exact) mass is 302 g/mol. The number of allylic oxidation sites excluding steroid dienone is 8. The Kier molecular flexibility index (Phi) is 7.40. The first-order valence-electron chi connectivity index (χ1n) is 8.07. The van der Waals surface area contributed by atoms with Crippen LogP contribution in [0.4, 0.5) is 0 Å². The van der Waals surface area contributed by atoms with Gasteiger partial charge >= 0.3 is 0 Å². The number of hydrogen-bond acceptors (Lipinski definition) is 0. The van der Waals surface area contributed by atoms with Gasteiger partial charge in [-0.15, -0.1) is 6.58 Å². The van der Waals surface area contributed by atoms with Crippen molar-refractivity contribution in [3.63, 3.8) is 0 Å². The summed E-state index contributed by atoms with van der Waals surface area (Å²) in [7, 11) is -0.0394. The van der Waals surface area contributed by atoms with Crippen molar-refractivity contribution in [2.24, 2.45) is 0 Å². The van der Waals surface area contributed by atoms with Gasteiger partial charge in [0.25, 0.3) is 0 Å². The number of unbranched alkanes of at least 4 members (excludes halogenated alkanes) is 1. The second-order valence-electron chi connectivity index (χ2n) is 6.04. The first kappa shape index (κ1) is 18.2. The van der Waals surface area contributed by atoms with E-state index < -0.39 is 0 Å². The summed E-state index contributed by atoms with van der Waals surface area (Å²) in [5.41, 5.74) is 3.25. The minimum Gasteiger partial charge on any atom is -0.102 e. The SMILES string of the molecule is C=CC1C(/C=C\CC/C=C\C(=C)CC)=CC(C)(CC)P1C. The van der Waals surface area contributed by atoms with Crippen molar-refractivity contribution < 1.29 is 0 Å². The Hall–Kier alpha value is -0.870. The molecule has 0 saturated heterocycles. The smallest absolute Gasteiger partial charge is 0.0221 e. The van der Waals surface area contributed by atoms with Crippen LogP contribution in [0.1, 0.15) is 46.5 Å². The highest BCUT2D eigenvalue weighted by molar-refractivity contribution is 7.60. The predicted molar refractivity (Wildman–Crippen MR) is 101 cm³/mol. The van der Waals surface area contributed by atoms with E-state index in [2.05, 4.69) is 77.1 Å². The fourth-order valence-electron chi connectivity index (χ4n) is 2.66. The van der Waals surface area contributed by atoms with Crippen LogP contribution in [0.25, 0.3) is 0 Å². The van der Waals surface area contributed by atoms with Crippen molar-refractivity contribution in [2.45, 2.75) is 57.3 Å². The van der Waals surface area contributed by atoms with Gasteiger partial charge in [-0.05, 0) is 37.9 Å². The summed E-state index contributed by atoms with van der Waals surface area (Å²) in [5.74, 6) is 0. The van der Waals surface area contributed by atoms with Crippen LogP contribution < -0.4 is 0 Å². The van der Waals surface area contributed by atoms with Gasteiger partial charge in [-0.1, -0.05) is 77.3 Å². The molecule has 1 rings (SSSR count). The van der Waals surface area contributed by atoms with E-state index in [0.717, 1.165) is 19.3 Å². The van der Waals surface area contributed by atoms with Crippen molar-refractivity contribution >= 4 is 7.92 Å². The van der Waals surface area contributed by atoms with E-state index in [1.165, 1.54) is 17.6 Å². The van der Waals surface area contributed by atoms with Gasteiger partial charge in [0.05, 0.1) is 0 Å². The minimum atomic E-state index is -0.0394. The molecule has 0 fully saturated rings. The molecule has 0 amide bonds. The first-order chi connectivity index (χ1) is 9.98. The highest BCUT2D eigenvalue weighted by Crippen LogP contribution is 2.61. The summed E-state index contributed by atoms with van der Waals surface area (Å²) >= 11 is 0. The highest BCUT2D eigenvalue weighted by Gasteiger charge is 2.38. The maximum atomic E-state index is 4.05. The van der Waals surface area contributed by atoms with E-state index in [0.29, 0.717) is 10.8 Å². The molecule has 0 aliphatic carbocycles. The van der Waals surface area contributed by atoms with E-state index in [-0.39, 0.29) is 7.92 Å². The Bertz CT molecular complexity index is 452. The molecule has 0 aromatic heterocycles. The Morgan fingerprint density at radius 1 is 1.33 bits per heavy atom. The summed E-state index contributed by atoms with van der Waals surface area (Å²) in [5, 5.41) is 0.382. The van der Waals surface area contributed by atoms with Crippen molar-refractivity contribution in [3.8, 4) is 0 Å². The van der Waals surface area contributed by atoms with Crippen LogP contribution in [-0.2, 0) is 0 Å². The lowest BCUT2D eigenvalue weighted by Gasteiger charge is -2.29. The third kappa shape index (κ3) is 4.82. The molecule has 0 aromatic rings. The molecule has 21 heavy (non-hydrogen) atoms. The van der Waals surface area contributed by atoms with Gasteiger partial charge in [0.1, 0.15) is 0 Å². The van der Waals surface area contributed by atoms with Crippen LogP contribution >= 0.6 is 7.92 Å². The summed E-state index contributed by atoms with van der Waals surface area (Å²) in [6.07, 6.45) is 18.1. The quantitative estimate of drug-likeness (QED) is 0.204. The molecular formula is C20H31P. The average Bonchev–Trinajstić information content (AvgIpc) is 2.74. The van der Waals surface area contributed by atoms with Gasteiger partial charge in [0.15, 0.2) is 0 Å². The Balaban J connectivity index is 2.58. The van der Waals surface area contributed by atoms with E-state index in [4.69, 9.17) is 0 Å². The number of rotatable bonds is 8. The van der Waals surface area contributed by atoms with E-state index >= 15 is 0 Å². The first-order valence-corrected chi connectivity index (χ1v) is 9.93. The standard InChI is InChI=1S/C20H31P/c1-7-17(4)14-12-10-11-13-15-18-16-20(5,9-3)21(6)19(18)8-2/h8,12-16,19H,2,4,7,9-11H2,1,3,5-6H3/b14-12-,15-13-. The molecule has 3 atom stereocenters. The molecule has 0 spiro atoms. The highest BCUT2D eigenvalue weighted by atomic mass is 31.1. The van der Waals surface area contributed by atoms with Crippen LogP contribution in [-0.4, -0.2) is 17.5 Å². The largest absolute Gasteiger partial charge is 0.102 e. The lowest BCUT2D eigenvalue weighted by atomic mass is 10.0. The molecule has 3 unspecified atom stereocenters. The topological polar surface area (TPSA) is 0 Å². The van der Waals surface area contributed by atoms with Crippen molar-refractivity contribution in [3.05, 3.63) is 60.8 Å². The van der Waals surface area contributed by atoms with Gasteiger partial charge in [-0.3, -0.25) is 0 Å². The van der Waals surface area contributed by atoms with Crippen LogP contribution in [0.3, 0.4) is 0 Å². The van der Waals surface area contributed by atoms with Crippen LogP contribution in [0, 0.1) is 0 Å². The number of hydrogen-bond donors (Lipinski definition) is 0. The van der Waals surface area contributed by atoms with Gasteiger partial charge in [-0.2, -0.15) is 0 Å². The fraction of sp³-hybridized carbons (Fsp3) is 0.500. The maximum Gasteiger partial charge on any atom is 0.0221 e. The molecule has 1 aliphatic rings. The van der Waals surface area contributed by atoms with Gasteiger partial charge < -0.3 is 0 Å². The minimum absolute atomic E-state index is 0.0394. The van der Waals surface area contributed by atoms with Gasteiger partial charge in [-0.25, -0.2) is 0 Å². The Labute approximate surface area is 133 Å². The fourth-order valence-corrected chi connectivity index (χ4v) is 5.07. The Morgan fingerprint density at radius 2 is 2.00 bits per heavy atom.